The highest BCUT2D eigenvalue weighted by molar-refractivity contribution is 6.28. The van der Waals surface area contributed by atoms with Crippen molar-refractivity contribution in [2.24, 2.45) is 0 Å². The number of fused-ring (bicyclic) bond motifs is 1. The average molecular weight is 288 g/mol. The zero-order chi connectivity index (χ0) is 13.9. The number of aromatic amines is 1. The molecule has 0 aliphatic carbocycles. The van der Waals surface area contributed by atoms with Crippen LogP contribution in [0.1, 0.15) is 25.2 Å². The van der Waals surface area contributed by atoms with Crippen molar-refractivity contribution in [3.05, 3.63) is 47.8 Å². The van der Waals surface area contributed by atoms with Gasteiger partial charge in [0.2, 0.25) is 5.28 Å². The van der Waals surface area contributed by atoms with Gasteiger partial charge in [-0.1, -0.05) is 19.1 Å². The number of nitrogens with one attached hydrogen (secondary N) is 2. The third-order valence-electron chi connectivity index (χ3n) is 3.14. The van der Waals surface area contributed by atoms with Crippen molar-refractivity contribution < 1.29 is 0 Å². The molecule has 5 nitrogen and oxygen atoms in total. The van der Waals surface area contributed by atoms with Crippen LogP contribution in [0, 0.1) is 0 Å². The molecule has 2 N–H and O–H groups in total. The first-order chi connectivity index (χ1) is 9.78. The molecule has 0 radical (unpaired) electrons. The van der Waals surface area contributed by atoms with Crippen molar-refractivity contribution in [3.8, 4) is 0 Å². The van der Waals surface area contributed by atoms with E-state index in [0.717, 1.165) is 29.0 Å². The molecule has 20 heavy (non-hydrogen) atoms. The molecule has 0 amide bonds. The maximum atomic E-state index is 5.99. The first-order valence-corrected chi connectivity index (χ1v) is 6.84. The molecular weight excluding hydrogens is 274 g/mol. The van der Waals surface area contributed by atoms with Crippen molar-refractivity contribution in [3.63, 3.8) is 0 Å². The summed E-state index contributed by atoms with van der Waals surface area (Å²) in [6.07, 6.45) is 4.43. The van der Waals surface area contributed by atoms with Crippen LogP contribution < -0.4 is 5.32 Å². The van der Waals surface area contributed by atoms with Crippen LogP contribution in [-0.2, 0) is 0 Å². The molecule has 3 aromatic rings. The number of aromatic nitrogens is 4. The maximum absolute atomic E-state index is 5.99. The van der Waals surface area contributed by atoms with Crippen LogP contribution in [0.5, 0.6) is 0 Å². The van der Waals surface area contributed by atoms with Gasteiger partial charge in [-0.25, -0.2) is 15.0 Å². The molecule has 102 valence electrons. The van der Waals surface area contributed by atoms with E-state index in [1.54, 1.807) is 6.20 Å². The number of hydrogen-bond acceptors (Lipinski definition) is 4. The number of benzene rings is 1. The van der Waals surface area contributed by atoms with Crippen molar-refractivity contribution in [1.82, 2.24) is 19.9 Å². The molecule has 1 unspecified atom stereocenters. The van der Waals surface area contributed by atoms with Crippen LogP contribution in [0.25, 0.3) is 10.9 Å². The van der Waals surface area contributed by atoms with Crippen molar-refractivity contribution in [1.29, 1.82) is 0 Å². The van der Waals surface area contributed by atoms with Crippen LogP contribution in [0.3, 0.4) is 0 Å². The van der Waals surface area contributed by atoms with Gasteiger partial charge in [-0.05, 0) is 30.2 Å². The number of rotatable bonds is 4. The Balaban J connectivity index is 2.01. The van der Waals surface area contributed by atoms with Gasteiger partial charge in [-0.2, -0.15) is 0 Å². The standard InChI is InChI=1S/C14H14ClN5/c1-2-10(13-16-7-8-17-13)18-12-9-5-3-4-6-11(9)19-14(15)20-12/h3-8,10H,2H2,1H3,(H,16,17)(H,18,19,20). The molecule has 0 spiro atoms. The number of anilines is 1. The lowest BCUT2D eigenvalue weighted by Gasteiger charge is -2.16. The normalized spacial score (nSPS) is 12.5. The monoisotopic (exact) mass is 287 g/mol. The number of hydrogen-bond donors (Lipinski definition) is 2. The molecule has 1 aromatic carbocycles. The van der Waals surface area contributed by atoms with Gasteiger partial charge in [-0.15, -0.1) is 0 Å². The summed E-state index contributed by atoms with van der Waals surface area (Å²) in [5.41, 5.74) is 0.823. The van der Waals surface area contributed by atoms with Gasteiger partial charge >= 0.3 is 0 Å². The highest BCUT2D eigenvalue weighted by atomic mass is 35.5. The smallest absolute Gasteiger partial charge is 0.224 e. The lowest BCUT2D eigenvalue weighted by Crippen LogP contribution is -2.13. The Morgan fingerprint density at radius 1 is 1.30 bits per heavy atom. The fourth-order valence-corrected chi connectivity index (χ4v) is 2.33. The summed E-state index contributed by atoms with van der Waals surface area (Å²) in [5.74, 6) is 1.61. The second-order valence-electron chi connectivity index (χ2n) is 4.44. The third kappa shape index (κ3) is 2.44. The van der Waals surface area contributed by atoms with Gasteiger partial charge in [0.25, 0.3) is 0 Å². The second-order valence-corrected chi connectivity index (χ2v) is 4.78. The van der Waals surface area contributed by atoms with Crippen molar-refractivity contribution in [2.75, 3.05) is 5.32 Å². The molecule has 0 saturated carbocycles. The molecule has 0 fully saturated rings. The third-order valence-corrected chi connectivity index (χ3v) is 3.31. The summed E-state index contributed by atoms with van der Waals surface area (Å²) in [7, 11) is 0. The lowest BCUT2D eigenvalue weighted by atomic mass is 10.2. The first kappa shape index (κ1) is 12.9. The Morgan fingerprint density at radius 2 is 2.15 bits per heavy atom. The fraction of sp³-hybridized carbons (Fsp3) is 0.214. The second kappa shape index (κ2) is 5.46. The summed E-state index contributed by atoms with van der Waals surface area (Å²) < 4.78 is 0. The molecule has 3 rings (SSSR count). The van der Waals surface area contributed by atoms with E-state index in [2.05, 4.69) is 32.2 Å². The van der Waals surface area contributed by atoms with Crippen LogP contribution in [0.4, 0.5) is 5.82 Å². The van der Waals surface area contributed by atoms with Crippen LogP contribution in [0.2, 0.25) is 5.28 Å². The number of H-pyrrole nitrogens is 1. The Kier molecular flexibility index (Phi) is 3.52. The van der Waals surface area contributed by atoms with E-state index in [9.17, 15) is 0 Å². The molecule has 0 aliphatic rings. The summed E-state index contributed by atoms with van der Waals surface area (Å²) in [6, 6.07) is 7.84. The van der Waals surface area contributed by atoms with E-state index in [1.807, 2.05) is 30.5 Å². The summed E-state index contributed by atoms with van der Waals surface area (Å²) in [6.45, 7) is 2.09. The Bertz CT molecular complexity index is 711. The fourth-order valence-electron chi connectivity index (χ4n) is 2.16. The van der Waals surface area contributed by atoms with E-state index in [0.29, 0.717) is 0 Å². The van der Waals surface area contributed by atoms with Gasteiger partial charge in [0.1, 0.15) is 11.6 Å². The Morgan fingerprint density at radius 3 is 2.90 bits per heavy atom. The van der Waals surface area contributed by atoms with E-state index in [-0.39, 0.29) is 11.3 Å². The Hall–Kier alpha value is -2.14. The molecule has 0 aliphatic heterocycles. The largest absolute Gasteiger partial charge is 0.359 e. The molecule has 0 bridgehead atoms. The van der Waals surface area contributed by atoms with Gasteiger partial charge < -0.3 is 10.3 Å². The van der Waals surface area contributed by atoms with Gasteiger partial charge in [0.15, 0.2) is 0 Å². The van der Waals surface area contributed by atoms with E-state index >= 15 is 0 Å². The molecule has 2 aromatic heterocycles. The van der Waals surface area contributed by atoms with Crippen LogP contribution in [0.15, 0.2) is 36.7 Å². The van der Waals surface area contributed by atoms with Gasteiger partial charge in [0, 0.05) is 17.8 Å². The number of imidazole rings is 1. The average Bonchev–Trinajstić information content (AvgIpc) is 2.98. The van der Waals surface area contributed by atoms with Crippen molar-refractivity contribution in [2.45, 2.75) is 19.4 Å². The first-order valence-electron chi connectivity index (χ1n) is 6.46. The predicted octanol–water partition coefficient (Wildman–Crippen LogP) is 3.57. The minimum atomic E-state index is 0.0550. The Labute approximate surface area is 121 Å². The number of nitrogens with zero attached hydrogens (tertiary/aromatic N) is 3. The predicted molar refractivity (Wildman–Crippen MR) is 79.8 cm³/mol. The molecular formula is C14H14ClN5. The molecule has 1 atom stereocenters. The zero-order valence-corrected chi connectivity index (χ0v) is 11.7. The SMILES string of the molecule is CCC(Nc1nc(Cl)nc2ccccc12)c1ncc[nH]1. The van der Waals surface area contributed by atoms with Crippen LogP contribution in [-0.4, -0.2) is 19.9 Å². The lowest BCUT2D eigenvalue weighted by molar-refractivity contribution is 0.701. The summed E-state index contributed by atoms with van der Waals surface area (Å²) >= 11 is 5.99. The van der Waals surface area contributed by atoms with E-state index in [4.69, 9.17) is 11.6 Å². The summed E-state index contributed by atoms with van der Waals surface area (Å²) in [4.78, 5) is 15.9. The number of halogens is 1. The topological polar surface area (TPSA) is 66.5 Å². The molecule has 2 heterocycles. The highest BCUT2D eigenvalue weighted by Gasteiger charge is 2.14. The maximum Gasteiger partial charge on any atom is 0.224 e. The zero-order valence-electron chi connectivity index (χ0n) is 11.0. The van der Waals surface area contributed by atoms with Gasteiger partial charge in [0.05, 0.1) is 11.6 Å². The highest BCUT2D eigenvalue weighted by Crippen LogP contribution is 2.26. The minimum Gasteiger partial charge on any atom is -0.359 e. The minimum absolute atomic E-state index is 0.0550. The van der Waals surface area contributed by atoms with Gasteiger partial charge in [-0.3, -0.25) is 0 Å². The van der Waals surface area contributed by atoms with E-state index in [1.165, 1.54) is 0 Å². The van der Waals surface area contributed by atoms with Crippen LogP contribution >= 0.6 is 11.6 Å². The molecule has 6 heteroatoms. The quantitative estimate of drug-likeness (QED) is 0.720. The summed E-state index contributed by atoms with van der Waals surface area (Å²) in [5, 5.41) is 4.57. The van der Waals surface area contributed by atoms with E-state index < -0.39 is 0 Å². The van der Waals surface area contributed by atoms with Crippen molar-refractivity contribution >= 4 is 28.3 Å². The number of para-hydroxylation sites is 1. The molecule has 0 saturated heterocycles.